The molecule has 0 nitrogen and oxygen atoms in total. The van der Waals surface area contributed by atoms with Crippen LogP contribution >= 0.6 is 23.5 Å². The lowest BCUT2D eigenvalue weighted by atomic mass is 10.3. The highest BCUT2D eigenvalue weighted by molar-refractivity contribution is 8.22. The van der Waals surface area contributed by atoms with Gasteiger partial charge in [0.25, 0.3) is 0 Å². The first-order chi connectivity index (χ1) is 11.6. The Bertz CT molecular complexity index is 639. The van der Waals surface area contributed by atoms with Gasteiger partial charge in [-0.3, -0.25) is 0 Å². The van der Waals surface area contributed by atoms with E-state index in [9.17, 15) is 0 Å². The molecule has 0 N–H and O–H groups in total. The first-order valence-corrected chi connectivity index (χ1v) is 9.27. The number of hydrogen-bond acceptors (Lipinski definition) is 2. The molecule has 124 valence electrons. The van der Waals surface area contributed by atoms with Gasteiger partial charge in [0.1, 0.15) is 0 Å². The van der Waals surface area contributed by atoms with Gasteiger partial charge in [0, 0.05) is 9.79 Å². The second-order valence-corrected chi connectivity index (χ2v) is 7.48. The maximum atomic E-state index is 3.88. The van der Waals surface area contributed by atoms with Crippen LogP contribution in [0.3, 0.4) is 0 Å². The molecule has 0 spiro atoms. The zero-order valence-corrected chi connectivity index (χ0v) is 16.0. The highest BCUT2D eigenvalue weighted by atomic mass is 32.2. The lowest BCUT2D eigenvalue weighted by Crippen LogP contribution is -1.79. The minimum atomic E-state index is 1.02. The quantitative estimate of drug-likeness (QED) is 0.385. The fourth-order valence-electron chi connectivity index (χ4n) is 1.46. The largest absolute Gasteiger partial charge is 0.0988 e. The molecule has 0 aliphatic heterocycles. The lowest BCUT2D eigenvalue weighted by molar-refractivity contribution is 1.45. The molecule has 2 aromatic carbocycles. The summed E-state index contributed by atoms with van der Waals surface area (Å²) in [5.41, 5.74) is 2.23. The average molecular weight is 353 g/mol. The Kier molecular flexibility index (Phi) is 9.74. The number of thioether (sulfide) groups is 2. The highest BCUT2D eigenvalue weighted by Gasteiger charge is 2.06. The van der Waals surface area contributed by atoms with Gasteiger partial charge in [-0.15, -0.1) is 0 Å². The van der Waals surface area contributed by atoms with E-state index in [1.165, 1.54) is 19.6 Å². The van der Waals surface area contributed by atoms with Gasteiger partial charge in [-0.1, -0.05) is 97.4 Å². The molecule has 0 radical (unpaired) electrons. The van der Waals surface area contributed by atoms with Crippen LogP contribution in [-0.4, -0.2) is 0 Å². The van der Waals surface area contributed by atoms with E-state index in [1.54, 1.807) is 29.6 Å². The zero-order valence-electron chi connectivity index (χ0n) is 14.4. The van der Waals surface area contributed by atoms with Gasteiger partial charge >= 0.3 is 0 Å². The van der Waals surface area contributed by atoms with E-state index < -0.39 is 0 Å². The van der Waals surface area contributed by atoms with Crippen molar-refractivity contribution < 1.29 is 0 Å². The molecule has 0 aliphatic rings. The summed E-state index contributed by atoms with van der Waals surface area (Å²) in [6, 6.07) is 20.9. The van der Waals surface area contributed by atoms with Crippen LogP contribution in [0.4, 0.5) is 0 Å². The fourth-order valence-corrected chi connectivity index (χ4v) is 3.70. The summed E-state index contributed by atoms with van der Waals surface area (Å²) in [6.07, 6.45) is 3.64. The smallest absolute Gasteiger partial charge is 0.0527 e. The van der Waals surface area contributed by atoms with Gasteiger partial charge < -0.3 is 0 Å². The number of rotatable bonds is 6. The van der Waals surface area contributed by atoms with E-state index in [4.69, 9.17) is 0 Å². The third-order valence-electron chi connectivity index (χ3n) is 2.88. The Balaban J connectivity index is 0.000000505. The standard InChI is InChI=1S/C17H16S2.C5H8/c1-3-14(2)17(18-15-10-6-4-7-11-15)19-16-12-8-5-9-13-16;1-4-5(2)3/h3-13H,1H2,2H3;4H,1-2H2,3H3. The molecular weight excluding hydrogens is 328 g/mol. The van der Waals surface area contributed by atoms with Crippen LogP contribution in [0, 0.1) is 0 Å². The van der Waals surface area contributed by atoms with Crippen molar-refractivity contribution >= 4 is 23.5 Å². The summed E-state index contributed by atoms with van der Waals surface area (Å²) in [6.45, 7) is 14.9. The average Bonchev–Trinajstić information content (AvgIpc) is 2.62. The molecule has 0 aliphatic carbocycles. The molecule has 2 rings (SSSR count). The van der Waals surface area contributed by atoms with Gasteiger partial charge in [0.15, 0.2) is 0 Å². The van der Waals surface area contributed by atoms with E-state index in [2.05, 4.69) is 75.2 Å². The molecular formula is C22H24S2. The predicted molar refractivity (Wildman–Crippen MR) is 113 cm³/mol. The summed E-state index contributed by atoms with van der Waals surface area (Å²) < 4.78 is 1.27. The molecule has 0 saturated heterocycles. The van der Waals surface area contributed by atoms with Crippen LogP contribution in [-0.2, 0) is 0 Å². The third-order valence-corrected chi connectivity index (χ3v) is 5.41. The van der Waals surface area contributed by atoms with E-state index in [0.29, 0.717) is 0 Å². The lowest BCUT2D eigenvalue weighted by Gasteiger charge is -2.09. The van der Waals surface area contributed by atoms with Crippen LogP contribution in [0.2, 0.25) is 0 Å². The molecule has 0 fully saturated rings. The van der Waals surface area contributed by atoms with Crippen LogP contribution in [0.25, 0.3) is 0 Å². The van der Waals surface area contributed by atoms with E-state index >= 15 is 0 Å². The topological polar surface area (TPSA) is 0 Å². The minimum Gasteiger partial charge on any atom is -0.0988 e. The molecule has 0 amide bonds. The molecule has 0 saturated carbocycles. The molecule has 0 unspecified atom stereocenters. The van der Waals surface area contributed by atoms with E-state index in [1.807, 2.05) is 25.1 Å². The van der Waals surface area contributed by atoms with Crippen LogP contribution in [0.5, 0.6) is 0 Å². The SMILES string of the molecule is C=CC(=C)C.C=CC(C)=C(Sc1ccccc1)Sc1ccccc1. The number of allylic oxidation sites excluding steroid dienone is 4. The highest BCUT2D eigenvalue weighted by Crippen LogP contribution is 2.41. The van der Waals surface area contributed by atoms with Gasteiger partial charge in [0.05, 0.1) is 4.24 Å². The zero-order chi connectivity index (χ0) is 17.8. The van der Waals surface area contributed by atoms with Gasteiger partial charge in [-0.25, -0.2) is 0 Å². The Morgan fingerprint density at radius 2 is 1.12 bits per heavy atom. The van der Waals surface area contributed by atoms with Crippen molar-refractivity contribution in [1.82, 2.24) is 0 Å². The summed E-state index contributed by atoms with van der Waals surface area (Å²) in [7, 11) is 0. The maximum Gasteiger partial charge on any atom is 0.0527 e. The van der Waals surface area contributed by atoms with Gasteiger partial charge in [-0.05, 0) is 43.7 Å². The molecule has 2 heteroatoms. The van der Waals surface area contributed by atoms with Crippen molar-refractivity contribution in [3.05, 3.63) is 108 Å². The summed E-state index contributed by atoms with van der Waals surface area (Å²) in [5.74, 6) is 0. The Labute approximate surface area is 155 Å². The van der Waals surface area contributed by atoms with Crippen molar-refractivity contribution in [1.29, 1.82) is 0 Å². The van der Waals surface area contributed by atoms with Crippen molar-refractivity contribution in [3.8, 4) is 0 Å². The van der Waals surface area contributed by atoms with Crippen molar-refractivity contribution in [2.45, 2.75) is 23.6 Å². The van der Waals surface area contributed by atoms with E-state index in [-0.39, 0.29) is 0 Å². The summed E-state index contributed by atoms with van der Waals surface area (Å²) in [5, 5.41) is 0. The van der Waals surface area contributed by atoms with Crippen LogP contribution < -0.4 is 0 Å². The molecule has 24 heavy (non-hydrogen) atoms. The van der Waals surface area contributed by atoms with Gasteiger partial charge in [-0.2, -0.15) is 0 Å². The summed E-state index contributed by atoms with van der Waals surface area (Å²) in [4.78, 5) is 2.50. The number of hydrogen-bond donors (Lipinski definition) is 0. The van der Waals surface area contributed by atoms with Crippen LogP contribution in [0.15, 0.2) is 118 Å². The van der Waals surface area contributed by atoms with Crippen molar-refractivity contribution in [2.75, 3.05) is 0 Å². The third kappa shape index (κ3) is 8.09. The second-order valence-electron chi connectivity index (χ2n) is 5.06. The van der Waals surface area contributed by atoms with Crippen LogP contribution in [0.1, 0.15) is 13.8 Å². The second kappa shape index (κ2) is 11.6. The molecule has 0 bridgehead atoms. The summed E-state index contributed by atoms with van der Waals surface area (Å²) >= 11 is 3.58. The molecule has 2 aromatic rings. The molecule has 0 heterocycles. The van der Waals surface area contributed by atoms with Crippen molar-refractivity contribution in [2.24, 2.45) is 0 Å². The normalized spacial score (nSPS) is 9.25. The molecule has 0 aromatic heterocycles. The Hall–Kier alpha value is -1.90. The first kappa shape index (κ1) is 20.1. The Morgan fingerprint density at radius 1 is 0.750 bits per heavy atom. The maximum absolute atomic E-state index is 3.88. The van der Waals surface area contributed by atoms with Crippen molar-refractivity contribution in [3.63, 3.8) is 0 Å². The van der Waals surface area contributed by atoms with Gasteiger partial charge in [0.2, 0.25) is 0 Å². The minimum absolute atomic E-state index is 1.02. The monoisotopic (exact) mass is 352 g/mol. The van der Waals surface area contributed by atoms with E-state index in [0.717, 1.165) is 5.57 Å². The Morgan fingerprint density at radius 3 is 1.42 bits per heavy atom. The predicted octanol–water partition coefficient (Wildman–Crippen LogP) is 7.74. The fraction of sp³-hybridized carbons (Fsp3) is 0.0909. The molecule has 0 atom stereocenters. The first-order valence-electron chi connectivity index (χ1n) is 7.64. The number of benzene rings is 2.